The minimum absolute atomic E-state index is 0.000449. The molecule has 69 heavy (non-hydrogen) atoms. The maximum atomic E-state index is 14.5. The van der Waals surface area contributed by atoms with Gasteiger partial charge in [-0.25, -0.2) is 0 Å². The number of aryl methyl sites for hydroxylation is 1. The standard InChI is InChI=1S/C51H50Cl3N5O10/c1-31-23-33(7-11-40(31)52)24-35-29-58(30-36(47(35)62)25-34-8-12-41(53)42(54)26-34)51(66)43(27-32-5-3-2-4-6-32)56-46(61)15-17-67-19-21-69-22-20-68-18-16-55-37-9-10-38-39(28-37)50(65)59(49(38)64)44-13-14-45(60)57-48(44)63/h2-12,23-26,28,43-44,55H,13-22,27,29-30H2,1H3,(H,56,61)(H,57,60,63)/b35-24+,36-25+/t43-,44?/m1/s1. The zero-order chi connectivity index (χ0) is 49.0. The fraction of sp³-hybridized carbons (Fsp3) is 0.314. The number of ether oxygens (including phenoxy) is 3. The molecule has 2 saturated heterocycles. The van der Waals surface area contributed by atoms with Crippen LogP contribution in [0.15, 0.2) is 96.1 Å². The molecule has 7 rings (SSSR count). The molecule has 0 aromatic heterocycles. The number of likely N-dealkylation sites (tertiary alicyclic amines) is 1. The van der Waals surface area contributed by atoms with Gasteiger partial charge in [-0.15, -0.1) is 0 Å². The van der Waals surface area contributed by atoms with Gasteiger partial charge in [0.2, 0.25) is 23.6 Å². The normalized spacial score (nSPS) is 17.6. The zero-order valence-corrected chi connectivity index (χ0v) is 40.0. The third-order valence-electron chi connectivity index (χ3n) is 11.6. The molecule has 3 aliphatic heterocycles. The third kappa shape index (κ3) is 13.3. The van der Waals surface area contributed by atoms with E-state index < -0.39 is 35.7 Å². The highest BCUT2D eigenvalue weighted by Gasteiger charge is 2.44. The van der Waals surface area contributed by atoms with E-state index >= 15 is 0 Å². The Morgan fingerprint density at radius 3 is 2.04 bits per heavy atom. The van der Waals surface area contributed by atoms with Crippen molar-refractivity contribution in [3.63, 3.8) is 0 Å². The lowest BCUT2D eigenvalue weighted by Crippen LogP contribution is -2.54. The van der Waals surface area contributed by atoms with Crippen LogP contribution in [0.5, 0.6) is 0 Å². The van der Waals surface area contributed by atoms with Crippen LogP contribution in [0.25, 0.3) is 12.2 Å². The van der Waals surface area contributed by atoms with E-state index in [1.807, 2.05) is 43.3 Å². The first-order valence-electron chi connectivity index (χ1n) is 22.4. The van der Waals surface area contributed by atoms with Crippen LogP contribution in [-0.4, -0.2) is 122 Å². The molecule has 18 heteroatoms. The van der Waals surface area contributed by atoms with Crippen molar-refractivity contribution in [2.45, 2.75) is 44.7 Å². The maximum absolute atomic E-state index is 14.5. The summed E-state index contributed by atoms with van der Waals surface area (Å²) < 4.78 is 16.9. The molecular weight excluding hydrogens is 949 g/mol. The molecule has 6 amide bonds. The number of ketones is 1. The summed E-state index contributed by atoms with van der Waals surface area (Å²) in [6, 6.07) is 22.6. The van der Waals surface area contributed by atoms with Gasteiger partial charge in [0.1, 0.15) is 12.1 Å². The van der Waals surface area contributed by atoms with E-state index in [0.29, 0.717) is 63.8 Å². The number of Topliss-reactive ketones (excluding diaryl/α,β-unsaturated/α-hetero) is 1. The molecule has 0 bridgehead atoms. The number of piperidine rings is 2. The van der Waals surface area contributed by atoms with E-state index in [2.05, 4.69) is 16.0 Å². The van der Waals surface area contributed by atoms with Gasteiger partial charge in [-0.1, -0.05) is 83.3 Å². The Labute approximate surface area is 414 Å². The fourth-order valence-electron chi connectivity index (χ4n) is 8.05. The molecule has 0 saturated carbocycles. The topological polar surface area (TPSA) is 190 Å². The number of carbonyl (C=O) groups is 7. The lowest BCUT2D eigenvalue weighted by molar-refractivity contribution is -0.137. The molecule has 15 nitrogen and oxygen atoms in total. The van der Waals surface area contributed by atoms with Crippen molar-refractivity contribution in [3.8, 4) is 0 Å². The first-order chi connectivity index (χ1) is 33.2. The van der Waals surface area contributed by atoms with Gasteiger partial charge in [-0.2, -0.15) is 0 Å². The second-order valence-corrected chi connectivity index (χ2v) is 17.8. The SMILES string of the molecule is Cc1cc(/C=C2\CN(C(=O)[C@@H](Cc3ccccc3)NC(=O)CCOCCOCCOCCNc3ccc4c(c3)C(=O)N(C3CCC(=O)NC3=O)C4=O)C/C(=C\c3ccc(Cl)c(Cl)c3)C2=O)ccc1Cl. The van der Waals surface area contributed by atoms with Gasteiger partial charge in [0.05, 0.1) is 60.8 Å². The Balaban J connectivity index is 0.853. The number of carbonyl (C=O) groups excluding carboxylic acids is 7. The van der Waals surface area contributed by atoms with Gasteiger partial charge in [-0.05, 0) is 84.1 Å². The second kappa shape index (κ2) is 23.9. The number of anilines is 1. The summed E-state index contributed by atoms with van der Waals surface area (Å²) in [5.41, 5.74) is 4.80. The molecule has 3 heterocycles. The van der Waals surface area contributed by atoms with Gasteiger partial charge < -0.3 is 29.7 Å². The number of benzene rings is 4. The van der Waals surface area contributed by atoms with E-state index in [-0.39, 0.29) is 87.3 Å². The number of hydrogen-bond donors (Lipinski definition) is 3. The average Bonchev–Trinajstić information content (AvgIpc) is 3.57. The molecule has 3 aliphatic rings. The summed E-state index contributed by atoms with van der Waals surface area (Å²) in [7, 11) is 0. The van der Waals surface area contributed by atoms with Crippen molar-refractivity contribution in [2.75, 3.05) is 64.6 Å². The van der Waals surface area contributed by atoms with E-state index in [1.165, 1.54) is 6.07 Å². The molecule has 1 unspecified atom stereocenters. The van der Waals surface area contributed by atoms with Gasteiger partial charge >= 0.3 is 0 Å². The number of fused-ring (bicyclic) bond motifs is 1. The van der Waals surface area contributed by atoms with Gasteiger partial charge in [-0.3, -0.25) is 43.8 Å². The molecule has 0 spiro atoms. The van der Waals surface area contributed by atoms with E-state index in [9.17, 15) is 33.6 Å². The van der Waals surface area contributed by atoms with Crippen molar-refractivity contribution in [3.05, 3.63) is 145 Å². The molecular formula is C51H50Cl3N5O10. The van der Waals surface area contributed by atoms with Crippen LogP contribution in [0.1, 0.15) is 62.2 Å². The highest BCUT2D eigenvalue weighted by molar-refractivity contribution is 6.42. The average molecular weight is 999 g/mol. The van der Waals surface area contributed by atoms with Crippen molar-refractivity contribution in [1.29, 1.82) is 0 Å². The van der Waals surface area contributed by atoms with Crippen molar-refractivity contribution in [2.24, 2.45) is 0 Å². The van der Waals surface area contributed by atoms with Gasteiger partial charge in [0.25, 0.3) is 11.8 Å². The number of nitrogens with one attached hydrogen (secondary N) is 3. The van der Waals surface area contributed by atoms with Crippen molar-refractivity contribution < 1.29 is 47.8 Å². The molecule has 2 fully saturated rings. The van der Waals surface area contributed by atoms with Crippen LogP contribution in [0, 0.1) is 6.92 Å². The molecule has 0 aliphatic carbocycles. The highest BCUT2D eigenvalue weighted by Crippen LogP contribution is 2.31. The Morgan fingerprint density at radius 1 is 0.739 bits per heavy atom. The summed E-state index contributed by atoms with van der Waals surface area (Å²) in [6.07, 6.45) is 3.78. The number of hydrogen-bond acceptors (Lipinski definition) is 11. The van der Waals surface area contributed by atoms with Gasteiger partial charge in [0, 0.05) is 60.8 Å². The first-order valence-corrected chi connectivity index (χ1v) is 23.5. The van der Waals surface area contributed by atoms with Crippen LogP contribution >= 0.6 is 34.8 Å². The largest absolute Gasteiger partial charge is 0.383 e. The Morgan fingerprint density at radius 2 is 1.38 bits per heavy atom. The lowest BCUT2D eigenvalue weighted by Gasteiger charge is -2.33. The monoisotopic (exact) mass is 997 g/mol. The van der Waals surface area contributed by atoms with Crippen molar-refractivity contribution >= 4 is 93.9 Å². The molecule has 4 aromatic carbocycles. The number of rotatable bonds is 20. The van der Waals surface area contributed by atoms with E-state index in [0.717, 1.165) is 21.6 Å². The van der Waals surface area contributed by atoms with E-state index in [1.54, 1.807) is 59.5 Å². The summed E-state index contributed by atoms with van der Waals surface area (Å²) in [5.74, 6) is -3.21. The minimum atomic E-state index is -1.03. The smallest absolute Gasteiger partial charge is 0.262 e. The van der Waals surface area contributed by atoms with Crippen LogP contribution in [0.3, 0.4) is 0 Å². The summed E-state index contributed by atoms with van der Waals surface area (Å²) in [6.45, 7) is 3.77. The Kier molecular flexibility index (Phi) is 17.5. The zero-order valence-electron chi connectivity index (χ0n) is 37.7. The molecule has 3 N–H and O–H groups in total. The molecule has 0 radical (unpaired) electrons. The highest BCUT2D eigenvalue weighted by atomic mass is 35.5. The quantitative estimate of drug-likeness (QED) is 0.0497. The maximum Gasteiger partial charge on any atom is 0.262 e. The molecule has 4 aromatic rings. The summed E-state index contributed by atoms with van der Waals surface area (Å²) in [5, 5.41) is 9.54. The minimum Gasteiger partial charge on any atom is -0.383 e. The number of nitrogens with zero attached hydrogens (tertiary/aromatic N) is 2. The lowest BCUT2D eigenvalue weighted by atomic mass is 9.93. The number of imide groups is 2. The predicted octanol–water partition coefficient (Wildman–Crippen LogP) is 6.51. The van der Waals surface area contributed by atoms with Crippen LogP contribution in [0.4, 0.5) is 5.69 Å². The molecule has 360 valence electrons. The Bertz CT molecular complexity index is 2620. The summed E-state index contributed by atoms with van der Waals surface area (Å²) >= 11 is 18.7. The van der Waals surface area contributed by atoms with Crippen molar-refractivity contribution in [1.82, 2.24) is 20.4 Å². The molecule has 2 atom stereocenters. The fourth-order valence-corrected chi connectivity index (χ4v) is 8.47. The predicted molar refractivity (Wildman–Crippen MR) is 261 cm³/mol. The van der Waals surface area contributed by atoms with Crippen LogP contribution in [-0.2, 0) is 44.6 Å². The van der Waals surface area contributed by atoms with Crippen LogP contribution in [0.2, 0.25) is 15.1 Å². The summed E-state index contributed by atoms with van der Waals surface area (Å²) in [4.78, 5) is 94.2. The van der Waals surface area contributed by atoms with Gasteiger partial charge in [0.15, 0.2) is 5.78 Å². The first kappa shape index (κ1) is 50.7. The third-order valence-corrected chi connectivity index (χ3v) is 12.7. The Hall–Kier alpha value is -6.20. The van der Waals surface area contributed by atoms with Crippen LogP contribution < -0.4 is 16.0 Å². The number of amides is 6. The number of halogens is 3. The van der Waals surface area contributed by atoms with E-state index in [4.69, 9.17) is 49.0 Å². The second-order valence-electron chi connectivity index (χ2n) is 16.6.